The zero-order valence-corrected chi connectivity index (χ0v) is 12.8. The van der Waals surface area contributed by atoms with Crippen molar-refractivity contribution in [2.75, 3.05) is 6.61 Å². The van der Waals surface area contributed by atoms with Gasteiger partial charge >= 0.3 is 11.9 Å². The van der Waals surface area contributed by atoms with E-state index in [-0.39, 0.29) is 23.6 Å². The molecule has 1 aromatic carbocycles. The van der Waals surface area contributed by atoms with E-state index in [0.717, 1.165) is 12.5 Å². The molecule has 0 N–H and O–H groups in total. The minimum atomic E-state index is -0.734. The van der Waals surface area contributed by atoms with E-state index < -0.39 is 17.8 Å². The molecule has 0 aliphatic carbocycles. The van der Waals surface area contributed by atoms with Gasteiger partial charge in [0.15, 0.2) is 11.6 Å². The van der Waals surface area contributed by atoms with Gasteiger partial charge < -0.3 is 9.47 Å². The van der Waals surface area contributed by atoms with Crippen molar-refractivity contribution in [3.63, 3.8) is 0 Å². The number of para-hydroxylation sites is 1. The Morgan fingerprint density at radius 3 is 2.52 bits per heavy atom. The number of rotatable bonds is 7. The number of esters is 2. The van der Waals surface area contributed by atoms with E-state index in [4.69, 9.17) is 21.1 Å². The summed E-state index contributed by atoms with van der Waals surface area (Å²) in [5.74, 6) is -1.83. The fourth-order valence-corrected chi connectivity index (χ4v) is 1.63. The van der Waals surface area contributed by atoms with Crippen molar-refractivity contribution in [2.45, 2.75) is 33.1 Å². The quantitative estimate of drug-likeness (QED) is 0.568. The average molecular weight is 317 g/mol. The molecule has 0 radical (unpaired) electrons. The fraction of sp³-hybridized carbons (Fsp3) is 0.467. The molecule has 1 aromatic rings. The standard InChI is InChI=1S/C15H18ClFO4/c1-10(2)8-9-20-13(18)6-7-14(19)21-15-11(16)4-3-5-12(15)17/h3-5,10H,6-9H2,1-2H3. The van der Waals surface area contributed by atoms with Crippen LogP contribution in [-0.2, 0) is 14.3 Å². The second kappa shape index (κ2) is 8.62. The Bertz CT molecular complexity index is 482. The third-order valence-corrected chi connectivity index (χ3v) is 2.92. The monoisotopic (exact) mass is 316 g/mol. The summed E-state index contributed by atoms with van der Waals surface area (Å²) >= 11 is 5.73. The molecule has 0 atom stereocenters. The average Bonchev–Trinajstić information content (AvgIpc) is 2.40. The van der Waals surface area contributed by atoms with Gasteiger partial charge in [-0.1, -0.05) is 31.5 Å². The molecule has 4 nitrogen and oxygen atoms in total. The van der Waals surface area contributed by atoms with Crippen LogP contribution in [0.3, 0.4) is 0 Å². The number of halogens is 2. The second-order valence-electron chi connectivity index (χ2n) is 4.93. The lowest BCUT2D eigenvalue weighted by atomic mass is 10.1. The lowest BCUT2D eigenvalue weighted by molar-refractivity contribution is -0.147. The van der Waals surface area contributed by atoms with Crippen LogP contribution >= 0.6 is 11.6 Å². The zero-order chi connectivity index (χ0) is 15.8. The van der Waals surface area contributed by atoms with Gasteiger partial charge in [0.1, 0.15) is 0 Å². The van der Waals surface area contributed by atoms with E-state index in [9.17, 15) is 14.0 Å². The van der Waals surface area contributed by atoms with E-state index in [1.165, 1.54) is 12.1 Å². The molecule has 0 heterocycles. The third kappa shape index (κ3) is 6.58. The van der Waals surface area contributed by atoms with Crippen LogP contribution in [0.2, 0.25) is 5.02 Å². The summed E-state index contributed by atoms with van der Waals surface area (Å²) in [4.78, 5) is 22.9. The van der Waals surface area contributed by atoms with Crippen LogP contribution in [-0.4, -0.2) is 18.5 Å². The lowest BCUT2D eigenvalue weighted by Gasteiger charge is -2.08. The fourth-order valence-electron chi connectivity index (χ4n) is 1.43. The van der Waals surface area contributed by atoms with Crippen molar-refractivity contribution in [1.29, 1.82) is 0 Å². The van der Waals surface area contributed by atoms with Crippen molar-refractivity contribution in [1.82, 2.24) is 0 Å². The van der Waals surface area contributed by atoms with Gasteiger partial charge in [-0.15, -0.1) is 0 Å². The molecule has 0 bridgehead atoms. The Labute approximate surface area is 128 Å². The maximum absolute atomic E-state index is 13.4. The Kier molecular flexibility index (Phi) is 7.15. The van der Waals surface area contributed by atoms with E-state index in [1.807, 2.05) is 13.8 Å². The first kappa shape index (κ1) is 17.4. The number of carbonyl (C=O) groups excluding carboxylic acids is 2. The van der Waals surface area contributed by atoms with Gasteiger partial charge in [-0.05, 0) is 24.5 Å². The van der Waals surface area contributed by atoms with Crippen molar-refractivity contribution in [3.8, 4) is 5.75 Å². The molecule has 1 rings (SSSR count). The highest BCUT2D eigenvalue weighted by Gasteiger charge is 2.15. The van der Waals surface area contributed by atoms with Crippen molar-refractivity contribution in [3.05, 3.63) is 29.0 Å². The van der Waals surface area contributed by atoms with E-state index >= 15 is 0 Å². The predicted molar refractivity (Wildman–Crippen MR) is 76.7 cm³/mol. The Morgan fingerprint density at radius 2 is 1.90 bits per heavy atom. The first-order valence-corrected chi connectivity index (χ1v) is 7.08. The van der Waals surface area contributed by atoms with Crippen molar-refractivity contribution < 1.29 is 23.5 Å². The molecular weight excluding hydrogens is 299 g/mol. The van der Waals surface area contributed by atoms with E-state index in [1.54, 1.807) is 0 Å². The van der Waals surface area contributed by atoms with Crippen LogP contribution in [0.5, 0.6) is 5.75 Å². The van der Waals surface area contributed by atoms with Crippen LogP contribution < -0.4 is 4.74 Å². The largest absolute Gasteiger partial charge is 0.466 e. The number of ether oxygens (including phenoxy) is 2. The normalized spacial score (nSPS) is 10.5. The molecule has 0 fully saturated rings. The van der Waals surface area contributed by atoms with Gasteiger partial charge in [-0.3, -0.25) is 9.59 Å². The molecule has 21 heavy (non-hydrogen) atoms. The summed E-state index contributed by atoms with van der Waals surface area (Å²) in [5, 5.41) is 0.00265. The van der Waals surface area contributed by atoms with Gasteiger partial charge in [0.05, 0.1) is 24.5 Å². The number of benzene rings is 1. The number of hydrogen-bond donors (Lipinski definition) is 0. The number of carbonyl (C=O) groups is 2. The Balaban J connectivity index is 2.36. The highest BCUT2D eigenvalue weighted by atomic mass is 35.5. The first-order valence-electron chi connectivity index (χ1n) is 6.70. The maximum atomic E-state index is 13.4. The molecular formula is C15H18ClFO4. The third-order valence-electron chi connectivity index (χ3n) is 2.63. The summed E-state index contributed by atoms with van der Waals surface area (Å²) in [7, 11) is 0. The minimum Gasteiger partial charge on any atom is -0.466 e. The molecule has 0 aliphatic rings. The minimum absolute atomic E-state index is 0.00265. The predicted octanol–water partition coefficient (Wildman–Crippen LogP) is 3.75. The van der Waals surface area contributed by atoms with Crippen molar-refractivity contribution in [2.24, 2.45) is 5.92 Å². The molecule has 116 valence electrons. The summed E-state index contributed by atoms with van der Waals surface area (Å²) in [6, 6.07) is 3.95. The Hall–Kier alpha value is -1.62. The van der Waals surface area contributed by atoms with Crippen LogP contribution in [0.15, 0.2) is 18.2 Å². The first-order chi connectivity index (χ1) is 9.90. The topological polar surface area (TPSA) is 52.6 Å². The smallest absolute Gasteiger partial charge is 0.311 e. The SMILES string of the molecule is CC(C)CCOC(=O)CCC(=O)Oc1c(F)cccc1Cl. The molecule has 0 aliphatic heterocycles. The summed E-state index contributed by atoms with van der Waals surface area (Å²) in [6.07, 6.45) is 0.467. The van der Waals surface area contributed by atoms with Gasteiger partial charge in [-0.25, -0.2) is 4.39 Å². The summed E-state index contributed by atoms with van der Waals surface area (Å²) in [6.45, 7) is 4.36. The van der Waals surface area contributed by atoms with Gasteiger partial charge in [0.25, 0.3) is 0 Å². The molecule has 0 saturated heterocycles. The maximum Gasteiger partial charge on any atom is 0.311 e. The highest BCUT2D eigenvalue weighted by molar-refractivity contribution is 6.32. The van der Waals surface area contributed by atoms with Gasteiger partial charge in [-0.2, -0.15) is 0 Å². The second-order valence-corrected chi connectivity index (χ2v) is 5.34. The Morgan fingerprint density at radius 1 is 1.24 bits per heavy atom. The van der Waals surface area contributed by atoms with Crippen LogP contribution in [0.25, 0.3) is 0 Å². The van der Waals surface area contributed by atoms with Crippen molar-refractivity contribution >= 4 is 23.5 Å². The number of hydrogen-bond acceptors (Lipinski definition) is 4. The molecule has 0 saturated carbocycles. The van der Waals surface area contributed by atoms with Gasteiger partial charge in [0.2, 0.25) is 0 Å². The van der Waals surface area contributed by atoms with E-state index in [2.05, 4.69) is 0 Å². The summed E-state index contributed by atoms with van der Waals surface area (Å²) < 4.78 is 23.2. The summed E-state index contributed by atoms with van der Waals surface area (Å²) in [5.41, 5.74) is 0. The van der Waals surface area contributed by atoms with Crippen LogP contribution in [0.4, 0.5) is 4.39 Å². The molecule has 0 amide bonds. The highest BCUT2D eigenvalue weighted by Crippen LogP contribution is 2.27. The van der Waals surface area contributed by atoms with E-state index in [0.29, 0.717) is 12.5 Å². The molecule has 6 heteroatoms. The lowest BCUT2D eigenvalue weighted by Crippen LogP contribution is -2.14. The van der Waals surface area contributed by atoms with Crippen LogP contribution in [0, 0.1) is 11.7 Å². The van der Waals surface area contributed by atoms with Crippen LogP contribution in [0.1, 0.15) is 33.1 Å². The molecule has 0 spiro atoms. The molecule has 0 aromatic heterocycles. The zero-order valence-electron chi connectivity index (χ0n) is 12.0. The van der Waals surface area contributed by atoms with Gasteiger partial charge in [0, 0.05) is 0 Å². The molecule has 0 unspecified atom stereocenters.